The van der Waals surface area contributed by atoms with Gasteiger partial charge in [-0.15, -0.1) is 0 Å². The number of pyridine rings is 1. The number of amides is 1. The molecule has 5 heteroatoms. The van der Waals surface area contributed by atoms with E-state index in [1.165, 1.54) is 5.56 Å². The molecule has 2 N–H and O–H groups in total. The van der Waals surface area contributed by atoms with Crippen molar-refractivity contribution >= 4 is 5.91 Å². The van der Waals surface area contributed by atoms with Crippen molar-refractivity contribution in [1.29, 1.82) is 0 Å². The van der Waals surface area contributed by atoms with Crippen molar-refractivity contribution < 1.29 is 4.79 Å². The normalized spacial score (nSPS) is 17.9. The number of aromatic nitrogens is 1. The highest BCUT2D eigenvalue weighted by molar-refractivity contribution is 5.75. The van der Waals surface area contributed by atoms with E-state index in [4.69, 9.17) is 0 Å². The van der Waals surface area contributed by atoms with Gasteiger partial charge in [0.25, 0.3) is 0 Å². The summed E-state index contributed by atoms with van der Waals surface area (Å²) in [7, 11) is 3.53. The molecule has 19 heavy (non-hydrogen) atoms. The standard InChI is InChI=1S/C14H21N3O2/c1-17(2)14(19)8-9-15-11-4-3-5-12-10(11)6-7-13(18)16-12/h6-7,11,15H,3-5,8-9H2,1-2H3,(H,16,18). The van der Waals surface area contributed by atoms with Gasteiger partial charge in [-0.2, -0.15) is 0 Å². The van der Waals surface area contributed by atoms with Gasteiger partial charge in [-0.05, 0) is 24.8 Å². The Bertz CT molecular complexity index is 508. The van der Waals surface area contributed by atoms with Crippen LogP contribution in [0.5, 0.6) is 0 Å². The Morgan fingerprint density at radius 1 is 1.47 bits per heavy atom. The van der Waals surface area contributed by atoms with Gasteiger partial charge >= 0.3 is 0 Å². The molecule has 1 atom stereocenters. The second kappa shape index (κ2) is 6.02. The number of aryl methyl sites for hydroxylation is 1. The van der Waals surface area contributed by atoms with Crippen LogP contribution in [-0.4, -0.2) is 36.4 Å². The van der Waals surface area contributed by atoms with E-state index in [-0.39, 0.29) is 17.5 Å². The first kappa shape index (κ1) is 13.8. The van der Waals surface area contributed by atoms with Gasteiger partial charge in [0.15, 0.2) is 0 Å². The molecule has 104 valence electrons. The number of rotatable bonds is 4. The topological polar surface area (TPSA) is 65.2 Å². The zero-order valence-electron chi connectivity index (χ0n) is 11.5. The first-order chi connectivity index (χ1) is 9.08. The molecule has 0 saturated heterocycles. The van der Waals surface area contributed by atoms with Crippen LogP contribution in [0.15, 0.2) is 16.9 Å². The monoisotopic (exact) mass is 263 g/mol. The number of nitrogens with one attached hydrogen (secondary N) is 2. The van der Waals surface area contributed by atoms with Crippen LogP contribution in [0.4, 0.5) is 0 Å². The summed E-state index contributed by atoms with van der Waals surface area (Å²) in [6, 6.07) is 3.72. The van der Waals surface area contributed by atoms with Crippen LogP contribution in [0.25, 0.3) is 0 Å². The molecule has 1 aromatic rings. The van der Waals surface area contributed by atoms with Crippen LogP contribution in [0.2, 0.25) is 0 Å². The number of hydrogen-bond acceptors (Lipinski definition) is 3. The average molecular weight is 263 g/mol. The average Bonchev–Trinajstić information content (AvgIpc) is 2.38. The molecule has 1 unspecified atom stereocenters. The maximum Gasteiger partial charge on any atom is 0.248 e. The van der Waals surface area contributed by atoms with Crippen molar-refractivity contribution in [2.24, 2.45) is 0 Å². The van der Waals surface area contributed by atoms with E-state index in [2.05, 4.69) is 10.3 Å². The fourth-order valence-corrected chi connectivity index (χ4v) is 2.49. The predicted molar refractivity (Wildman–Crippen MR) is 74.1 cm³/mol. The maximum absolute atomic E-state index is 11.5. The fraction of sp³-hybridized carbons (Fsp3) is 0.571. The van der Waals surface area contributed by atoms with Crippen molar-refractivity contribution in [1.82, 2.24) is 15.2 Å². The summed E-state index contributed by atoms with van der Waals surface area (Å²) in [4.78, 5) is 27.3. The quantitative estimate of drug-likeness (QED) is 0.845. The molecule has 5 nitrogen and oxygen atoms in total. The van der Waals surface area contributed by atoms with Gasteiger partial charge < -0.3 is 15.2 Å². The van der Waals surface area contributed by atoms with Gasteiger partial charge in [0.2, 0.25) is 11.5 Å². The minimum absolute atomic E-state index is 0.0396. The molecular formula is C14H21N3O2. The molecule has 0 aliphatic heterocycles. The highest BCUT2D eigenvalue weighted by Crippen LogP contribution is 2.27. The molecule has 1 aliphatic rings. The summed E-state index contributed by atoms with van der Waals surface area (Å²) in [5, 5.41) is 3.41. The van der Waals surface area contributed by atoms with Crippen LogP contribution in [0.3, 0.4) is 0 Å². The Morgan fingerprint density at radius 2 is 2.26 bits per heavy atom. The van der Waals surface area contributed by atoms with Gasteiger partial charge in [-0.25, -0.2) is 0 Å². The summed E-state index contributed by atoms with van der Waals surface area (Å²) in [6.45, 7) is 0.667. The molecule has 0 aromatic carbocycles. The van der Waals surface area contributed by atoms with Gasteiger partial charge in [-0.1, -0.05) is 6.07 Å². The van der Waals surface area contributed by atoms with Crippen molar-refractivity contribution in [2.75, 3.05) is 20.6 Å². The highest BCUT2D eigenvalue weighted by atomic mass is 16.2. The number of aromatic amines is 1. The van der Waals surface area contributed by atoms with Crippen molar-refractivity contribution in [3.8, 4) is 0 Å². The Kier molecular flexibility index (Phi) is 4.37. The van der Waals surface area contributed by atoms with E-state index in [1.807, 2.05) is 6.07 Å². The summed E-state index contributed by atoms with van der Waals surface area (Å²) in [6.07, 6.45) is 3.55. The van der Waals surface area contributed by atoms with Crippen LogP contribution in [0, 0.1) is 0 Å². The van der Waals surface area contributed by atoms with E-state index < -0.39 is 0 Å². The molecule has 1 heterocycles. The molecule has 0 bridgehead atoms. The number of carbonyl (C=O) groups excluding carboxylic acids is 1. The van der Waals surface area contributed by atoms with Crippen molar-refractivity contribution in [2.45, 2.75) is 31.7 Å². The first-order valence-electron chi connectivity index (χ1n) is 6.73. The molecular weight excluding hydrogens is 242 g/mol. The second-order valence-electron chi connectivity index (χ2n) is 5.19. The fourth-order valence-electron chi connectivity index (χ4n) is 2.49. The molecule has 0 fully saturated rings. The van der Waals surface area contributed by atoms with Gasteiger partial charge in [0, 0.05) is 44.9 Å². The third kappa shape index (κ3) is 3.44. The number of H-pyrrole nitrogens is 1. The lowest BCUT2D eigenvalue weighted by atomic mass is 9.91. The van der Waals surface area contributed by atoms with E-state index in [0.29, 0.717) is 13.0 Å². The van der Waals surface area contributed by atoms with Gasteiger partial charge in [0.1, 0.15) is 0 Å². The Morgan fingerprint density at radius 3 is 3.00 bits per heavy atom. The molecule has 0 radical (unpaired) electrons. The molecule has 2 rings (SSSR count). The summed E-state index contributed by atoms with van der Waals surface area (Å²) in [5.74, 6) is 0.130. The summed E-state index contributed by atoms with van der Waals surface area (Å²) < 4.78 is 0. The van der Waals surface area contributed by atoms with E-state index in [1.54, 1.807) is 25.1 Å². The van der Waals surface area contributed by atoms with Crippen LogP contribution < -0.4 is 10.9 Å². The van der Waals surface area contributed by atoms with Crippen LogP contribution >= 0.6 is 0 Å². The van der Waals surface area contributed by atoms with E-state index in [9.17, 15) is 9.59 Å². The Labute approximate surface area is 113 Å². The molecule has 0 saturated carbocycles. The van der Waals surface area contributed by atoms with Gasteiger partial charge in [0.05, 0.1) is 0 Å². The molecule has 1 aliphatic carbocycles. The summed E-state index contributed by atoms with van der Waals surface area (Å²) >= 11 is 0. The largest absolute Gasteiger partial charge is 0.349 e. The zero-order chi connectivity index (χ0) is 13.8. The van der Waals surface area contributed by atoms with Gasteiger partial charge in [-0.3, -0.25) is 9.59 Å². The lowest BCUT2D eigenvalue weighted by molar-refractivity contribution is -0.128. The smallest absolute Gasteiger partial charge is 0.248 e. The SMILES string of the molecule is CN(C)C(=O)CCNC1CCCc2[nH]c(=O)ccc21. The zero-order valence-corrected chi connectivity index (χ0v) is 11.5. The molecule has 1 aromatic heterocycles. The Hall–Kier alpha value is -1.62. The lowest BCUT2D eigenvalue weighted by Gasteiger charge is -2.26. The Balaban J connectivity index is 1.96. The van der Waals surface area contributed by atoms with E-state index in [0.717, 1.165) is 25.0 Å². The number of hydrogen-bond donors (Lipinski definition) is 2. The minimum atomic E-state index is -0.0396. The minimum Gasteiger partial charge on any atom is -0.349 e. The van der Waals surface area contributed by atoms with Crippen LogP contribution in [-0.2, 0) is 11.2 Å². The molecule has 0 spiro atoms. The van der Waals surface area contributed by atoms with Crippen molar-refractivity contribution in [3.63, 3.8) is 0 Å². The van der Waals surface area contributed by atoms with Crippen molar-refractivity contribution in [3.05, 3.63) is 33.7 Å². The third-order valence-electron chi connectivity index (χ3n) is 3.56. The number of nitrogens with zero attached hydrogens (tertiary/aromatic N) is 1. The summed E-state index contributed by atoms with van der Waals surface area (Å²) in [5.41, 5.74) is 2.17. The van der Waals surface area contributed by atoms with E-state index >= 15 is 0 Å². The maximum atomic E-state index is 11.5. The van der Waals surface area contributed by atoms with Crippen LogP contribution in [0.1, 0.15) is 36.6 Å². The lowest BCUT2D eigenvalue weighted by Crippen LogP contribution is -2.31. The predicted octanol–water partition coefficient (Wildman–Crippen LogP) is 0.820. The third-order valence-corrected chi connectivity index (χ3v) is 3.56. The number of carbonyl (C=O) groups is 1. The molecule has 1 amide bonds. The highest BCUT2D eigenvalue weighted by Gasteiger charge is 2.20. The number of fused-ring (bicyclic) bond motifs is 1. The first-order valence-corrected chi connectivity index (χ1v) is 6.73. The second-order valence-corrected chi connectivity index (χ2v) is 5.19.